The van der Waals surface area contributed by atoms with E-state index < -0.39 is 11.2 Å². The van der Waals surface area contributed by atoms with E-state index in [1.54, 1.807) is 14.2 Å². The van der Waals surface area contributed by atoms with Gasteiger partial charge in [0.2, 0.25) is 5.79 Å². The summed E-state index contributed by atoms with van der Waals surface area (Å²) in [4.78, 5) is 4.85. The zero-order chi connectivity index (χ0) is 18.9. The number of hydrogen-bond acceptors (Lipinski definition) is 3. The molecule has 0 bridgehead atoms. The van der Waals surface area contributed by atoms with Gasteiger partial charge in [-0.25, -0.2) is 0 Å². The lowest BCUT2D eigenvalue weighted by Crippen LogP contribution is -2.55. The van der Waals surface area contributed by atoms with Gasteiger partial charge in [-0.2, -0.15) is 0 Å². The topological polar surface area (TPSA) is 30.8 Å². The molecule has 0 fully saturated rings. The first-order valence-corrected chi connectivity index (χ1v) is 9.05. The Morgan fingerprint density at radius 3 is 1.81 bits per heavy atom. The van der Waals surface area contributed by atoms with Crippen LogP contribution in [0.5, 0.6) is 0 Å². The van der Waals surface area contributed by atoms with Gasteiger partial charge < -0.3 is 9.47 Å². The van der Waals surface area contributed by atoms with Crippen LogP contribution in [0.2, 0.25) is 0 Å². The van der Waals surface area contributed by atoms with E-state index in [4.69, 9.17) is 14.5 Å². The fourth-order valence-electron chi connectivity index (χ4n) is 4.21. The van der Waals surface area contributed by atoms with Crippen molar-refractivity contribution in [3.8, 4) is 0 Å². The number of fused-ring (bicyclic) bond motifs is 1. The minimum Gasteiger partial charge on any atom is -0.348 e. The summed E-state index contributed by atoms with van der Waals surface area (Å²) in [6, 6.07) is 26.8. The van der Waals surface area contributed by atoms with E-state index in [0.717, 1.165) is 27.9 Å². The van der Waals surface area contributed by atoms with Gasteiger partial charge in [-0.15, -0.1) is 0 Å². The molecule has 0 N–H and O–H groups in total. The van der Waals surface area contributed by atoms with Crippen LogP contribution in [0.3, 0.4) is 0 Å². The molecule has 0 amide bonds. The third-order valence-corrected chi connectivity index (χ3v) is 5.46. The lowest BCUT2D eigenvalue weighted by molar-refractivity contribution is -0.238. The lowest BCUT2D eigenvalue weighted by atomic mass is 9.65. The lowest BCUT2D eigenvalue weighted by Gasteiger charge is -2.49. The molecular weight excluding hydrogens is 334 g/mol. The Morgan fingerprint density at radius 1 is 0.741 bits per heavy atom. The minimum absolute atomic E-state index is 0.722. The Balaban J connectivity index is 2.13. The number of rotatable bonds is 4. The molecule has 0 saturated carbocycles. The Labute approximate surface area is 160 Å². The second-order valence-corrected chi connectivity index (χ2v) is 6.84. The van der Waals surface area contributed by atoms with Crippen LogP contribution in [-0.2, 0) is 20.7 Å². The average molecular weight is 357 g/mol. The van der Waals surface area contributed by atoms with Crippen LogP contribution in [0.15, 0.2) is 83.9 Å². The van der Waals surface area contributed by atoms with Crippen molar-refractivity contribution in [3.05, 3.63) is 101 Å². The van der Waals surface area contributed by atoms with E-state index >= 15 is 0 Å². The van der Waals surface area contributed by atoms with Gasteiger partial charge in [0.15, 0.2) is 0 Å². The van der Waals surface area contributed by atoms with Crippen molar-refractivity contribution in [3.63, 3.8) is 0 Å². The van der Waals surface area contributed by atoms with Crippen LogP contribution < -0.4 is 0 Å². The van der Waals surface area contributed by atoms with E-state index in [9.17, 15) is 0 Å². The summed E-state index contributed by atoms with van der Waals surface area (Å²) in [5.74, 6) is -1.04. The molecule has 0 aliphatic carbocycles. The summed E-state index contributed by atoms with van der Waals surface area (Å²) < 4.78 is 12.4. The molecule has 3 aromatic carbocycles. The predicted molar refractivity (Wildman–Crippen MR) is 109 cm³/mol. The number of hydrogen-bond donors (Lipinski definition) is 0. The molecule has 0 atom stereocenters. The van der Waals surface area contributed by atoms with Crippen molar-refractivity contribution < 1.29 is 9.47 Å². The van der Waals surface area contributed by atoms with Crippen LogP contribution in [0.1, 0.15) is 22.3 Å². The largest absolute Gasteiger partial charge is 0.348 e. The maximum Gasteiger partial charge on any atom is 0.215 e. The molecule has 3 aromatic rings. The molecule has 0 spiro atoms. The highest BCUT2D eigenvalue weighted by Crippen LogP contribution is 2.54. The highest BCUT2D eigenvalue weighted by molar-refractivity contribution is 5.87. The van der Waals surface area contributed by atoms with Crippen molar-refractivity contribution in [1.82, 2.24) is 0 Å². The highest BCUT2D eigenvalue weighted by Gasteiger charge is 2.58. The van der Waals surface area contributed by atoms with Crippen molar-refractivity contribution in [2.45, 2.75) is 18.1 Å². The van der Waals surface area contributed by atoms with E-state index in [-0.39, 0.29) is 0 Å². The quantitative estimate of drug-likeness (QED) is 0.605. The van der Waals surface area contributed by atoms with Crippen LogP contribution in [0.25, 0.3) is 0 Å². The predicted octanol–water partition coefficient (Wildman–Crippen LogP) is 5.14. The molecular formula is C24H23NO2. The average Bonchev–Trinajstić information content (AvgIpc) is 2.74. The zero-order valence-corrected chi connectivity index (χ0v) is 15.8. The van der Waals surface area contributed by atoms with Crippen molar-refractivity contribution in [1.29, 1.82) is 0 Å². The molecule has 0 saturated heterocycles. The molecule has 136 valence electrons. The molecule has 0 aromatic heterocycles. The first kappa shape index (κ1) is 17.7. The number of nitrogens with zero attached hydrogens (tertiary/aromatic N) is 1. The van der Waals surface area contributed by atoms with E-state index in [1.807, 2.05) is 48.7 Å². The highest BCUT2D eigenvalue weighted by atomic mass is 16.7. The molecule has 1 aliphatic rings. The number of methoxy groups -OCH3 is 2. The number of benzene rings is 3. The van der Waals surface area contributed by atoms with Gasteiger partial charge >= 0.3 is 0 Å². The number of aryl methyl sites for hydroxylation is 1. The van der Waals surface area contributed by atoms with Gasteiger partial charge in [0.05, 0.1) is 5.69 Å². The van der Waals surface area contributed by atoms with Crippen molar-refractivity contribution in [2.24, 2.45) is 4.99 Å². The van der Waals surface area contributed by atoms with E-state index in [1.165, 1.54) is 0 Å². The van der Waals surface area contributed by atoms with Gasteiger partial charge in [0.1, 0.15) is 5.41 Å². The molecule has 1 aliphatic heterocycles. The van der Waals surface area contributed by atoms with Crippen LogP contribution >= 0.6 is 0 Å². The van der Waals surface area contributed by atoms with Crippen LogP contribution in [-0.4, -0.2) is 20.4 Å². The fourth-order valence-corrected chi connectivity index (χ4v) is 4.21. The summed E-state index contributed by atoms with van der Waals surface area (Å²) in [5.41, 5.74) is 4.35. The summed E-state index contributed by atoms with van der Waals surface area (Å²) >= 11 is 0. The molecule has 27 heavy (non-hydrogen) atoms. The molecule has 0 radical (unpaired) electrons. The summed E-state index contributed by atoms with van der Waals surface area (Å²) in [7, 11) is 3.41. The normalized spacial score (nSPS) is 16.7. The monoisotopic (exact) mass is 357 g/mol. The van der Waals surface area contributed by atoms with Crippen molar-refractivity contribution >= 4 is 11.9 Å². The van der Waals surface area contributed by atoms with E-state index in [2.05, 4.69) is 43.3 Å². The summed E-state index contributed by atoms with van der Waals surface area (Å²) in [6.07, 6.45) is 1.97. The van der Waals surface area contributed by atoms with Gasteiger partial charge in [-0.1, -0.05) is 72.3 Å². The van der Waals surface area contributed by atoms with Gasteiger partial charge in [-0.3, -0.25) is 4.99 Å². The van der Waals surface area contributed by atoms with Crippen LogP contribution in [0.4, 0.5) is 5.69 Å². The molecule has 4 rings (SSSR count). The van der Waals surface area contributed by atoms with E-state index in [0.29, 0.717) is 0 Å². The zero-order valence-electron chi connectivity index (χ0n) is 15.8. The first-order chi connectivity index (χ1) is 13.2. The molecule has 3 nitrogen and oxygen atoms in total. The summed E-state index contributed by atoms with van der Waals surface area (Å²) in [6.45, 7) is 2.07. The second kappa shape index (κ2) is 6.76. The fraction of sp³-hybridized carbons (Fsp3) is 0.208. The Morgan fingerprint density at radius 2 is 1.30 bits per heavy atom. The first-order valence-electron chi connectivity index (χ1n) is 9.05. The molecule has 1 heterocycles. The Bertz CT molecular complexity index is 921. The number of aliphatic imine (C=N–C) groups is 1. The number of ether oxygens (including phenoxy) is 2. The van der Waals surface area contributed by atoms with Gasteiger partial charge in [-0.05, 0) is 30.2 Å². The van der Waals surface area contributed by atoms with Crippen molar-refractivity contribution in [2.75, 3.05) is 14.2 Å². The second-order valence-electron chi connectivity index (χ2n) is 6.84. The summed E-state index contributed by atoms with van der Waals surface area (Å²) in [5, 5.41) is 0. The minimum atomic E-state index is -1.04. The molecule has 0 unspecified atom stereocenters. The third kappa shape index (κ3) is 2.47. The van der Waals surface area contributed by atoms with Crippen LogP contribution in [0, 0.1) is 6.92 Å². The standard InChI is InChI=1S/C24H23NO2/c1-18-14-15-22-21(16-18)24(26-2,27-3)23(17-25-22,19-10-6-4-7-11-19)20-12-8-5-9-13-20/h4-17H,1-3H3. The Kier molecular flexibility index (Phi) is 4.42. The maximum absolute atomic E-state index is 6.22. The smallest absolute Gasteiger partial charge is 0.215 e. The maximum atomic E-state index is 6.22. The SMILES string of the molecule is COC1(OC)c2cc(C)ccc2N=CC1(c1ccccc1)c1ccccc1. The van der Waals surface area contributed by atoms with Gasteiger partial charge in [0.25, 0.3) is 0 Å². The Hall–Kier alpha value is -2.75. The molecule has 3 heteroatoms. The third-order valence-electron chi connectivity index (χ3n) is 5.46. The van der Waals surface area contributed by atoms with Gasteiger partial charge in [0, 0.05) is 26.0 Å².